The minimum absolute atomic E-state index is 0.106. The molecule has 0 fully saturated rings. The van der Waals surface area contributed by atoms with Gasteiger partial charge in [0, 0.05) is 0 Å². The normalized spacial score (nSPS) is 11.7. The van der Waals surface area contributed by atoms with Crippen molar-refractivity contribution in [1.82, 2.24) is 0 Å². The van der Waals surface area contributed by atoms with Crippen molar-refractivity contribution >= 4 is 13.4 Å². The molecular weight excluding hydrogens is 251 g/mol. The van der Waals surface area contributed by atoms with E-state index in [1.807, 2.05) is 0 Å². The van der Waals surface area contributed by atoms with Crippen LogP contribution in [0.2, 0.25) is 0 Å². The summed E-state index contributed by atoms with van der Waals surface area (Å²) in [5.41, 5.74) is 0. The van der Waals surface area contributed by atoms with E-state index in [0.717, 1.165) is 38.5 Å². The first-order valence-corrected chi connectivity index (χ1v) is 8.64. The molecular formula is C13H27O4P. The zero-order valence-corrected chi connectivity index (χ0v) is 12.8. The summed E-state index contributed by atoms with van der Waals surface area (Å²) in [5.74, 6) is -0.149. The number of hydrogen-bond donors (Lipinski definition) is 0. The van der Waals surface area contributed by atoms with E-state index < -0.39 is 7.60 Å². The Balaban J connectivity index is 4.07. The number of rotatable bonds is 12. The van der Waals surface area contributed by atoms with Gasteiger partial charge in [0.05, 0.1) is 13.2 Å². The highest BCUT2D eigenvalue weighted by Crippen LogP contribution is 2.48. The van der Waals surface area contributed by atoms with Gasteiger partial charge in [-0.3, -0.25) is 9.36 Å². The van der Waals surface area contributed by atoms with E-state index in [9.17, 15) is 9.36 Å². The van der Waals surface area contributed by atoms with Crippen LogP contribution in [0.5, 0.6) is 0 Å². The number of unbranched alkanes of at least 4 members (excludes halogenated alkanes) is 4. The highest BCUT2D eigenvalue weighted by atomic mass is 31.2. The van der Waals surface area contributed by atoms with Gasteiger partial charge in [-0.1, -0.05) is 39.5 Å². The third kappa shape index (κ3) is 9.81. The zero-order chi connectivity index (χ0) is 13.9. The Morgan fingerprint density at radius 3 is 1.72 bits per heavy atom. The van der Waals surface area contributed by atoms with Crippen molar-refractivity contribution in [3.8, 4) is 0 Å². The molecule has 0 aromatic rings. The van der Waals surface area contributed by atoms with E-state index in [0.29, 0.717) is 13.2 Å². The fourth-order valence-electron chi connectivity index (χ4n) is 1.51. The van der Waals surface area contributed by atoms with E-state index in [1.54, 1.807) is 0 Å². The number of hydrogen-bond acceptors (Lipinski definition) is 4. The summed E-state index contributed by atoms with van der Waals surface area (Å²) < 4.78 is 23.0. The van der Waals surface area contributed by atoms with Gasteiger partial charge in [0.25, 0.3) is 0 Å². The maximum absolute atomic E-state index is 12.3. The second-order valence-corrected chi connectivity index (χ2v) is 6.61. The van der Waals surface area contributed by atoms with Crippen LogP contribution in [0.3, 0.4) is 0 Å². The summed E-state index contributed by atoms with van der Waals surface area (Å²) in [5, 5.41) is 0. The van der Waals surface area contributed by atoms with Gasteiger partial charge >= 0.3 is 7.60 Å². The zero-order valence-electron chi connectivity index (χ0n) is 11.9. The maximum atomic E-state index is 12.3. The first-order valence-electron chi connectivity index (χ1n) is 6.91. The molecule has 0 saturated heterocycles. The number of ketones is 1. The van der Waals surface area contributed by atoms with Gasteiger partial charge in [0.1, 0.15) is 11.9 Å². The lowest BCUT2D eigenvalue weighted by molar-refractivity contribution is -0.114. The predicted molar refractivity (Wildman–Crippen MR) is 74.1 cm³/mol. The SMILES string of the molecule is CCCCCOP(=O)(CC(C)=O)OCCCCC. The van der Waals surface area contributed by atoms with Crippen molar-refractivity contribution < 1.29 is 18.4 Å². The standard InChI is InChI=1S/C13H27O4P/c1-4-6-8-10-16-18(15,12-13(3)14)17-11-9-7-5-2/h4-12H2,1-3H3. The Bertz CT molecular complexity index is 250. The molecule has 108 valence electrons. The van der Waals surface area contributed by atoms with Gasteiger partial charge in [-0.15, -0.1) is 0 Å². The second-order valence-electron chi connectivity index (χ2n) is 4.55. The summed E-state index contributed by atoms with van der Waals surface area (Å²) in [6.45, 7) is 6.42. The number of Topliss-reactive ketones (excluding diaryl/α,β-unsaturated/α-hetero) is 1. The van der Waals surface area contributed by atoms with Crippen LogP contribution in [-0.4, -0.2) is 25.2 Å². The Morgan fingerprint density at radius 2 is 1.39 bits per heavy atom. The molecule has 0 aromatic heterocycles. The average molecular weight is 278 g/mol. The molecule has 0 saturated carbocycles. The van der Waals surface area contributed by atoms with E-state index in [1.165, 1.54) is 6.92 Å². The highest BCUT2D eigenvalue weighted by molar-refractivity contribution is 7.54. The van der Waals surface area contributed by atoms with E-state index >= 15 is 0 Å². The van der Waals surface area contributed by atoms with Crippen molar-refractivity contribution in [2.45, 2.75) is 59.3 Å². The van der Waals surface area contributed by atoms with Gasteiger partial charge in [0.2, 0.25) is 0 Å². The predicted octanol–water partition coefficient (Wildman–Crippen LogP) is 4.18. The van der Waals surface area contributed by atoms with Crippen LogP contribution in [0.15, 0.2) is 0 Å². The third-order valence-corrected chi connectivity index (χ3v) is 4.47. The van der Waals surface area contributed by atoms with Gasteiger partial charge in [-0.05, 0) is 19.8 Å². The molecule has 0 heterocycles. The van der Waals surface area contributed by atoms with Crippen molar-refractivity contribution in [3.05, 3.63) is 0 Å². The number of carbonyl (C=O) groups excluding carboxylic acids is 1. The fourth-order valence-corrected chi connectivity index (χ4v) is 3.13. The first kappa shape index (κ1) is 17.8. The molecule has 0 aliphatic heterocycles. The molecule has 0 bridgehead atoms. The lowest BCUT2D eigenvalue weighted by Gasteiger charge is -2.17. The fraction of sp³-hybridized carbons (Fsp3) is 0.923. The highest BCUT2D eigenvalue weighted by Gasteiger charge is 2.26. The minimum Gasteiger partial charge on any atom is -0.308 e. The molecule has 18 heavy (non-hydrogen) atoms. The van der Waals surface area contributed by atoms with Crippen molar-refractivity contribution in [3.63, 3.8) is 0 Å². The molecule has 4 nitrogen and oxygen atoms in total. The summed E-state index contributed by atoms with van der Waals surface area (Å²) >= 11 is 0. The largest absolute Gasteiger partial charge is 0.338 e. The van der Waals surface area contributed by atoms with Crippen LogP contribution in [0.4, 0.5) is 0 Å². The van der Waals surface area contributed by atoms with Crippen molar-refractivity contribution in [1.29, 1.82) is 0 Å². The molecule has 0 N–H and O–H groups in total. The summed E-state index contributed by atoms with van der Waals surface area (Å²) in [6, 6.07) is 0. The molecule has 0 amide bonds. The van der Waals surface area contributed by atoms with Crippen LogP contribution >= 0.6 is 7.60 Å². The maximum Gasteiger partial charge on any atom is 0.338 e. The molecule has 5 heteroatoms. The van der Waals surface area contributed by atoms with Crippen LogP contribution in [0.25, 0.3) is 0 Å². The van der Waals surface area contributed by atoms with E-state index in [-0.39, 0.29) is 11.9 Å². The summed E-state index contributed by atoms with van der Waals surface area (Å²) in [7, 11) is -3.21. The third-order valence-electron chi connectivity index (χ3n) is 2.49. The van der Waals surface area contributed by atoms with Crippen molar-refractivity contribution in [2.24, 2.45) is 0 Å². The molecule has 0 spiro atoms. The minimum atomic E-state index is -3.21. The van der Waals surface area contributed by atoms with E-state index in [4.69, 9.17) is 9.05 Å². The van der Waals surface area contributed by atoms with Gasteiger partial charge in [-0.2, -0.15) is 0 Å². The van der Waals surface area contributed by atoms with Crippen LogP contribution < -0.4 is 0 Å². The Hall–Kier alpha value is -0.180. The van der Waals surface area contributed by atoms with Crippen LogP contribution in [0, 0.1) is 0 Å². The molecule has 0 aromatic carbocycles. The van der Waals surface area contributed by atoms with Crippen LogP contribution in [0.1, 0.15) is 59.3 Å². The Morgan fingerprint density at radius 1 is 0.944 bits per heavy atom. The molecule has 0 aliphatic rings. The average Bonchev–Trinajstić information content (AvgIpc) is 2.30. The quantitative estimate of drug-likeness (QED) is 0.397. The Labute approximate surface area is 111 Å². The van der Waals surface area contributed by atoms with Gasteiger partial charge < -0.3 is 9.05 Å². The van der Waals surface area contributed by atoms with Gasteiger partial charge in [0.15, 0.2) is 0 Å². The first-order chi connectivity index (χ1) is 8.54. The molecule has 0 atom stereocenters. The molecule has 0 rings (SSSR count). The summed E-state index contributed by atoms with van der Waals surface area (Å²) in [4.78, 5) is 11.1. The second kappa shape index (κ2) is 10.7. The smallest absolute Gasteiger partial charge is 0.308 e. The Kier molecular flexibility index (Phi) is 10.6. The molecule has 0 unspecified atom stereocenters. The lowest BCUT2D eigenvalue weighted by atomic mass is 10.3. The van der Waals surface area contributed by atoms with Crippen molar-refractivity contribution in [2.75, 3.05) is 19.4 Å². The summed E-state index contributed by atoms with van der Waals surface area (Å²) in [6.07, 6.45) is 5.85. The van der Waals surface area contributed by atoms with Crippen LogP contribution in [-0.2, 0) is 18.4 Å². The monoisotopic (exact) mass is 278 g/mol. The van der Waals surface area contributed by atoms with E-state index in [2.05, 4.69) is 13.8 Å². The van der Waals surface area contributed by atoms with Gasteiger partial charge in [-0.25, -0.2) is 0 Å². The topological polar surface area (TPSA) is 52.6 Å². The molecule has 0 radical (unpaired) electrons. The molecule has 0 aliphatic carbocycles. The number of carbonyl (C=O) groups is 1. The lowest BCUT2D eigenvalue weighted by Crippen LogP contribution is -2.08.